The molecule has 5 heteroatoms. The van der Waals surface area contributed by atoms with Crippen LogP contribution in [-0.4, -0.2) is 38.6 Å². The molecule has 0 aliphatic heterocycles. The normalized spacial score (nSPS) is 26.2. The van der Waals surface area contributed by atoms with E-state index < -0.39 is 0 Å². The highest BCUT2D eigenvalue weighted by Crippen LogP contribution is 2.35. The van der Waals surface area contributed by atoms with Crippen LogP contribution in [-0.2, 0) is 12.8 Å². The summed E-state index contributed by atoms with van der Waals surface area (Å²) in [6.45, 7) is 7.57. The van der Waals surface area contributed by atoms with Crippen LogP contribution in [0.2, 0.25) is 0 Å². The molecule has 120 valence electrons. The van der Waals surface area contributed by atoms with E-state index in [1.165, 1.54) is 0 Å². The molecule has 5 nitrogen and oxygen atoms in total. The van der Waals surface area contributed by atoms with Crippen molar-refractivity contribution in [3.05, 3.63) is 11.6 Å². The second-order valence-corrected chi connectivity index (χ2v) is 6.21. The summed E-state index contributed by atoms with van der Waals surface area (Å²) in [5.74, 6) is 2.02. The standard InChI is InChI=1S/C16H30N4O/c1-4-10-17-16(12-21)9-7-8-13(11-16)20-15(6-3)18-14(5-2)19-20/h13,17,21H,4-12H2,1-3H3. The molecule has 0 aromatic carbocycles. The fraction of sp³-hybridized carbons (Fsp3) is 0.875. The summed E-state index contributed by atoms with van der Waals surface area (Å²) in [7, 11) is 0. The third-order valence-electron chi connectivity index (χ3n) is 4.60. The Morgan fingerprint density at radius 3 is 2.76 bits per heavy atom. The Balaban J connectivity index is 2.18. The van der Waals surface area contributed by atoms with Gasteiger partial charge in [-0.15, -0.1) is 0 Å². The molecule has 0 spiro atoms. The van der Waals surface area contributed by atoms with Gasteiger partial charge in [0.2, 0.25) is 0 Å². The van der Waals surface area contributed by atoms with Gasteiger partial charge in [-0.1, -0.05) is 20.8 Å². The Kier molecular flexibility index (Phi) is 5.76. The lowest BCUT2D eigenvalue weighted by Gasteiger charge is -2.40. The summed E-state index contributed by atoms with van der Waals surface area (Å²) < 4.78 is 2.13. The molecule has 1 aliphatic carbocycles. The molecule has 0 radical (unpaired) electrons. The van der Waals surface area contributed by atoms with E-state index in [1.54, 1.807) is 0 Å². The van der Waals surface area contributed by atoms with E-state index >= 15 is 0 Å². The topological polar surface area (TPSA) is 63.0 Å². The summed E-state index contributed by atoms with van der Waals surface area (Å²) in [6.07, 6.45) is 7.15. The van der Waals surface area contributed by atoms with E-state index in [0.29, 0.717) is 6.04 Å². The van der Waals surface area contributed by atoms with Gasteiger partial charge in [0.15, 0.2) is 5.82 Å². The molecule has 2 unspecified atom stereocenters. The molecule has 0 amide bonds. The number of aromatic nitrogens is 3. The van der Waals surface area contributed by atoms with Gasteiger partial charge in [-0.3, -0.25) is 0 Å². The maximum atomic E-state index is 9.90. The van der Waals surface area contributed by atoms with Crippen LogP contribution < -0.4 is 5.32 Å². The van der Waals surface area contributed by atoms with Crippen LogP contribution in [0, 0.1) is 0 Å². The fourth-order valence-corrected chi connectivity index (χ4v) is 3.38. The maximum absolute atomic E-state index is 9.90. The minimum absolute atomic E-state index is 0.137. The fourth-order valence-electron chi connectivity index (χ4n) is 3.38. The van der Waals surface area contributed by atoms with E-state index in [0.717, 1.165) is 63.1 Å². The minimum atomic E-state index is -0.137. The van der Waals surface area contributed by atoms with Crippen LogP contribution in [0.15, 0.2) is 0 Å². The van der Waals surface area contributed by atoms with Gasteiger partial charge in [-0.2, -0.15) is 5.10 Å². The van der Waals surface area contributed by atoms with Crippen LogP contribution in [0.1, 0.15) is 70.6 Å². The number of hydrogen-bond acceptors (Lipinski definition) is 4. The summed E-state index contributed by atoms with van der Waals surface area (Å²) in [6, 6.07) is 0.359. The first-order chi connectivity index (χ1) is 10.2. The van der Waals surface area contributed by atoms with E-state index in [2.05, 4.69) is 35.8 Å². The van der Waals surface area contributed by atoms with E-state index in [9.17, 15) is 5.11 Å². The van der Waals surface area contributed by atoms with Gasteiger partial charge >= 0.3 is 0 Å². The zero-order chi connectivity index (χ0) is 15.3. The quantitative estimate of drug-likeness (QED) is 0.809. The average molecular weight is 294 g/mol. The van der Waals surface area contributed by atoms with Crippen LogP contribution in [0.3, 0.4) is 0 Å². The average Bonchev–Trinajstić information content (AvgIpc) is 2.96. The van der Waals surface area contributed by atoms with Crippen LogP contribution >= 0.6 is 0 Å². The zero-order valence-electron chi connectivity index (χ0n) is 13.7. The SMILES string of the molecule is CCCNC1(CO)CCCC(n2nc(CC)nc2CC)C1. The number of aliphatic hydroxyl groups is 1. The predicted octanol–water partition coefficient (Wildman–Crippen LogP) is 2.25. The maximum Gasteiger partial charge on any atom is 0.150 e. The number of rotatable bonds is 7. The second-order valence-electron chi connectivity index (χ2n) is 6.21. The first-order valence-corrected chi connectivity index (χ1v) is 8.48. The molecular weight excluding hydrogens is 264 g/mol. The Morgan fingerprint density at radius 2 is 2.14 bits per heavy atom. The van der Waals surface area contributed by atoms with Crippen molar-refractivity contribution in [1.82, 2.24) is 20.1 Å². The molecule has 0 bridgehead atoms. The summed E-state index contributed by atoms with van der Waals surface area (Å²) >= 11 is 0. The predicted molar refractivity (Wildman–Crippen MR) is 84.4 cm³/mol. The van der Waals surface area contributed by atoms with Gasteiger partial charge in [-0.05, 0) is 38.6 Å². The van der Waals surface area contributed by atoms with Gasteiger partial charge < -0.3 is 10.4 Å². The monoisotopic (exact) mass is 294 g/mol. The summed E-state index contributed by atoms with van der Waals surface area (Å²) in [5, 5.41) is 18.2. The Morgan fingerprint density at radius 1 is 1.33 bits per heavy atom. The lowest BCUT2D eigenvalue weighted by Crippen LogP contribution is -2.52. The molecule has 2 N–H and O–H groups in total. The summed E-state index contributed by atoms with van der Waals surface area (Å²) in [4.78, 5) is 4.63. The highest BCUT2D eigenvalue weighted by Gasteiger charge is 2.37. The molecule has 1 fully saturated rings. The number of nitrogens with zero attached hydrogens (tertiary/aromatic N) is 3. The number of aryl methyl sites for hydroxylation is 2. The van der Waals surface area contributed by atoms with Gasteiger partial charge in [0.25, 0.3) is 0 Å². The van der Waals surface area contributed by atoms with Gasteiger partial charge in [0, 0.05) is 18.4 Å². The van der Waals surface area contributed by atoms with E-state index in [1.807, 2.05) is 0 Å². The van der Waals surface area contributed by atoms with E-state index in [4.69, 9.17) is 5.10 Å². The van der Waals surface area contributed by atoms with Crippen molar-refractivity contribution in [1.29, 1.82) is 0 Å². The van der Waals surface area contributed by atoms with E-state index in [-0.39, 0.29) is 12.1 Å². The molecule has 1 saturated carbocycles. The highest BCUT2D eigenvalue weighted by atomic mass is 16.3. The van der Waals surface area contributed by atoms with Crippen molar-refractivity contribution in [2.75, 3.05) is 13.2 Å². The molecule has 1 heterocycles. The molecule has 21 heavy (non-hydrogen) atoms. The smallest absolute Gasteiger partial charge is 0.150 e. The van der Waals surface area contributed by atoms with Crippen LogP contribution in [0.5, 0.6) is 0 Å². The molecular formula is C16H30N4O. The largest absolute Gasteiger partial charge is 0.394 e. The van der Waals surface area contributed by atoms with Crippen molar-refractivity contribution in [2.24, 2.45) is 0 Å². The van der Waals surface area contributed by atoms with Crippen molar-refractivity contribution in [2.45, 2.75) is 77.3 Å². The first kappa shape index (κ1) is 16.4. The molecule has 2 atom stereocenters. The third-order valence-corrected chi connectivity index (χ3v) is 4.60. The number of nitrogens with one attached hydrogen (secondary N) is 1. The number of hydrogen-bond donors (Lipinski definition) is 2. The molecule has 1 aliphatic rings. The Labute approximate surface area is 128 Å². The minimum Gasteiger partial charge on any atom is -0.394 e. The summed E-state index contributed by atoms with van der Waals surface area (Å²) in [5.41, 5.74) is -0.137. The zero-order valence-corrected chi connectivity index (χ0v) is 13.7. The first-order valence-electron chi connectivity index (χ1n) is 8.48. The second kappa shape index (κ2) is 7.36. The third kappa shape index (κ3) is 3.64. The van der Waals surface area contributed by atoms with Crippen LogP contribution in [0.25, 0.3) is 0 Å². The van der Waals surface area contributed by atoms with Crippen molar-refractivity contribution in [3.63, 3.8) is 0 Å². The lowest BCUT2D eigenvalue weighted by molar-refractivity contribution is 0.0937. The van der Waals surface area contributed by atoms with Gasteiger partial charge in [0.05, 0.1) is 12.6 Å². The molecule has 1 aromatic rings. The highest BCUT2D eigenvalue weighted by molar-refractivity contribution is 5.00. The molecule has 2 rings (SSSR count). The van der Waals surface area contributed by atoms with Crippen molar-refractivity contribution < 1.29 is 5.11 Å². The van der Waals surface area contributed by atoms with Crippen molar-refractivity contribution >= 4 is 0 Å². The Hall–Kier alpha value is -0.940. The Bertz CT molecular complexity index is 445. The number of aliphatic hydroxyl groups excluding tert-OH is 1. The van der Waals surface area contributed by atoms with Gasteiger partial charge in [-0.25, -0.2) is 9.67 Å². The van der Waals surface area contributed by atoms with Crippen LogP contribution in [0.4, 0.5) is 0 Å². The molecule has 0 saturated heterocycles. The molecule has 1 aromatic heterocycles. The lowest BCUT2D eigenvalue weighted by atomic mass is 9.79. The van der Waals surface area contributed by atoms with Crippen molar-refractivity contribution in [3.8, 4) is 0 Å². The van der Waals surface area contributed by atoms with Gasteiger partial charge in [0.1, 0.15) is 5.82 Å².